The second-order valence-corrected chi connectivity index (χ2v) is 6.20. The van der Waals surface area contributed by atoms with Crippen molar-refractivity contribution in [2.75, 3.05) is 20.8 Å². The first kappa shape index (κ1) is 15.4. The zero-order valence-electron chi connectivity index (χ0n) is 13.0. The molecular formula is C18H17NO3S. The average Bonchev–Trinajstić information content (AvgIpc) is 3.10. The number of rotatable bonds is 5. The van der Waals surface area contributed by atoms with Gasteiger partial charge in [0.1, 0.15) is 11.5 Å². The van der Waals surface area contributed by atoms with Crippen molar-refractivity contribution in [2.24, 2.45) is 0 Å². The highest BCUT2D eigenvalue weighted by molar-refractivity contribution is 7.10. The Labute approximate surface area is 139 Å². The predicted octanol–water partition coefficient (Wildman–Crippen LogP) is 3.07. The van der Waals surface area contributed by atoms with Crippen LogP contribution in [0.25, 0.3) is 0 Å². The van der Waals surface area contributed by atoms with E-state index in [1.807, 2.05) is 35.7 Å². The van der Waals surface area contributed by atoms with Gasteiger partial charge in [0.15, 0.2) is 0 Å². The summed E-state index contributed by atoms with van der Waals surface area (Å²) >= 11 is 1.63. The summed E-state index contributed by atoms with van der Waals surface area (Å²) in [6.07, 6.45) is 5.42. The Bertz CT molecular complexity index is 748. The third-order valence-electron chi connectivity index (χ3n) is 4.07. The summed E-state index contributed by atoms with van der Waals surface area (Å²) in [4.78, 5) is 15.5. The van der Waals surface area contributed by atoms with Crippen molar-refractivity contribution in [1.82, 2.24) is 4.90 Å². The first-order chi connectivity index (χ1) is 11.2. The highest BCUT2D eigenvalue weighted by Crippen LogP contribution is 2.50. The summed E-state index contributed by atoms with van der Waals surface area (Å²) in [6.45, 7) is 0.310. The van der Waals surface area contributed by atoms with Gasteiger partial charge in [0.25, 0.3) is 0 Å². The van der Waals surface area contributed by atoms with Crippen LogP contribution in [0.1, 0.15) is 22.4 Å². The number of carbonyl (C=O) groups excluding carboxylic acids is 1. The molecule has 0 bridgehead atoms. The molecule has 4 nitrogen and oxygen atoms in total. The lowest BCUT2D eigenvalue weighted by molar-refractivity contribution is -0.149. The molecule has 0 unspecified atom stereocenters. The fraction of sp³-hybridized carbons (Fsp3) is 0.278. The number of likely N-dealkylation sites (tertiary alicyclic amines) is 1. The Hall–Kier alpha value is -2.45. The Morgan fingerprint density at radius 3 is 2.74 bits per heavy atom. The van der Waals surface area contributed by atoms with Gasteiger partial charge in [-0.05, 0) is 29.6 Å². The Balaban J connectivity index is 2.04. The summed E-state index contributed by atoms with van der Waals surface area (Å²) in [5.74, 6) is 3.68. The van der Waals surface area contributed by atoms with Crippen LogP contribution in [0.2, 0.25) is 0 Å². The summed E-state index contributed by atoms with van der Waals surface area (Å²) in [5.41, 5.74) is 0.837. The zero-order valence-corrected chi connectivity index (χ0v) is 13.8. The number of nitrogens with zero attached hydrogens (tertiary/aromatic N) is 1. The molecule has 1 aromatic heterocycles. The minimum atomic E-state index is -0.299. The molecule has 118 valence electrons. The van der Waals surface area contributed by atoms with Crippen molar-refractivity contribution in [2.45, 2.75) is 12.0 Å². The lowest BCUT2D eigenvalue weighted by atomic mass is 9.80. The smallest absolute Gasteiger partial charge is 0.234 e. The van der Waals surface area contributed by atoms with Crippen molar-refractivity contribution in [3.8, 4) is 23.8 Å². The molecule has 2 atom stereocenters. The van der Waals surface area contributed by atoms with Crippen molar-refractivity contribution >= 4 is 17.2 Å². The number of carbonyl (C=O) groups is 1. The van der Waals surface area contributed by atoms with Gasteiger partial charge in [0.2, 0.25) is 5.91 Å². The number of hydrogen-bond acceptors (Lipinski definition) is 4. The van der Waals surface area contributed by atoms with Crippen molar-refractivity contribution in [3.05, 3.63) is 46.2 Å². The number of β-lactam (4-membered cyclic amide) rings is 1. The van der Waals surface area contributed by atoms with Crippen LogP contribution < -0.4 is 9.47 Å². The van der Waals surface area contributed by atoms with E-state index in [0.29, 0.717) is 18.0 Å². The fourth-order valence-corrected chi connectivity index (χ4v) is 3.86. The van der Waals surface area contributed by atoms with Gasteiger partial charge in [-0.15, -0.1) is 17.8 Å². The van der Waals surface area contributed by atoms with Crippen molar-refractivity contribution in [1.29, 1.82) is 0 Å². The van der Waals surface area contributed by atoms with E-state index in [-0.39, 0.29) is 17.9 Å². The number of benzene rings is 1. The van der Waals surface area contributed by atoms with E-state index in [0.717, 1.165) is 10.4 Å². The first-order valence-corrected chi connectivity index (χ1v) is 8.08. The van der Waals surface area contributed by atoms with E-state index in [1.165, 1.54) is 0 Å². The van der Waals surface area contributed by atoms with E-state index in [9.17, 15) is 4.79 Å². The maximum Gasteiger partial charge on any atom is 0.234 e. The Morgan fingerprint density at radius 2 is 2.13 bits per heavy atom. The Morgan fingerprint density at radius 1 is 1.30 bits per heavy atom. The third-order valence-corrected chi connectivity index (χ3v) is 5.01. The molecule has 5 heteroatoms. The molecule has 1 aliphatic rings. The van der Waals surface area contributed by atoms with Crippen molar-refractivity contribution in [3.63, 3.8) is 0 Å². The second kappa shape index (κ2) is 6.35. The topological polar surface area (TPSA) is 38.8 Å². The number of hydrogen-bond donors (Lipinski definition) is 0. The predicted molar refractivity (Wildman–Crippen MR) is 89.9 cm³/mol. The summed E-state index contributed by atoms with van der Waals surface area (Å²) in [6, 6.07) is 9.48. The maximum atomic E-state index is 12.7. The lowest BCUT2D eigenvalue weighted by Crippen LogP contribution is -2.53. The number of ether oxygens (including phenoxy) is 2. The molecule has 1 aromatic carbocycles. The van der Waals surface area contributed by atoms with Gasteiger partial charge in [-0.25, -0.2) is 0 Å². The third kappa shape index (κ3) is 2.55. The minimum absolute atomic E-state index is 0.0212. The normalized spacial score (nSPS) is 19.9. The van der Waals surface area contributed by atoms with Gasteiger partial charge >= 0.3 is 0 Å². The zero-order chi connectivity index (χ0) is 16.4. The first-order valence-electron chi connectivity index (χ1n) is 7.20. The van der Waals surface area contributed by atoms with Crippen LogP contribution in [-0.4, -0.2) is 31.6 Å². The molecule has 0 spiro atoms. The SMILES string of the molecule is C#CCN1C(=O)[C@@H](c2cc(OC)ccc2OC)[C@@H]1c1cccs1. The molecule has 3 rings (SSSR count). The van der Waals surface area contributed by atoms with Crippen LogP contribution in [0.15, 0.2) is 35.7 Å². The monoisotopic (exact) mass is 327 g/mol. The van der Waals surface area contributed by atoms with Crippen LogP contribution >= 0.6 is 11.3 Å². The summed E-state index contributed by atoms with van der Waals surface area (Å²) < 4.78 is 10.7. The van der Waals surface area contributed by atoms with Crippen LogP contribution in [0.3, 0.4) is 0 Å². The number of methoxy groups -OCH3 is 2. The van der Waals surface area contributed by atoms with E-state index in [4.69, 9.17) is 15.9 Å². The maximum absolute atomic E-state index is 12.7. The molecule has 0 aliphatic carbocycles. The Kier molecular flexibility index (Phi) is 4.26. The molecule has 2 heterocycles. The summed E-state index contributed by atoms with van der Waals surface area (Å²) in [5, 5.41) is 2.01. The molecule has 23 heavy (non-hydrogen) atoms. The van der Waals surface area contributed by atoms with Gasteiger partial charge in [0.05, 0.1) is 32.7 Å². The lowest BCUT2D eigenvalue weighted by Gasteiger charge is -2.46. The van der Waals surface area contributed by atoms with Gasteiger partial charge < -0.3 is 14.4 Å². The quantitative estimate of drug-likeness (QED) is 0.626. The molecule has 0 saturated carbocycles. The van der Waals surface area contributed by atoms with Crippen LogP contribution in [0.4, 0.5) is 0 Å². The van der Waals surface area contributed by atoms with Crippen molar-refractivity contribution < 1.29 is 14.3 Å². The molecule has 1 fully saturated rings. The molecule has 0 radical (unpaired) electrons. The van der Waals surface area contributed by atoms with E-state index >= 15 is 0 Å². The minimum Gasteiger partial charge on any atom is -0.497 e. The van der Waals surface area contributed by atoms with E-state index in [2.05, 4.69) is 5.92 Å². The van der Waals surface area contributed by atoms with Crippen LogP contribution in [-0.2, 0) is 4.79 Å². The van der Waals surface area contributed by atoms with E-state index < -0.39 is 0 Å². The molecule has 1 aliphatic heterocycles. The van der Waals surface area contributed by atoms with Gasteiger partial charge in [0, 0.05) is 10.4 Å². The number of thiophene rings is 1. The molecule has 0 N–H and O–H groups in total. The largest absolute Gasteiger partial charge is 0.497 e. The fourth-order valence-electron chi connectivity index (χ4n) is 2.99. The highest BCUT2D eigenvalue weighted by Gasteiger charge is 2.50. The number of terminal acetylenes is 1. The molecule has 1 saturated heterocycles. The average molecular weight is 327 g/mol. The molecular weight excluding hydrogens is 310 g/mol. The molecule has 1 amide bonds. The standard InChI is InChI=1S/C18H17NO3S/c1-4-9-19-17(15-6-5-10-23-15)16(18(19)20)13-11-12(21-2)7-8-14(13)22-3/h1,5-8,10-11,16-17H,9H2,2-3H3/t16-,17-/m0/s1. The van der Waals surface area contributed by atoms with E-state index in [1.54, 1.807) is 30.5 Å². The molecule has 2 aromatic rings. The summed E-state index contributed by atoms with van der Waals surface area (Å²) in [7, 11) is 3.21. The highest BCUT2D eigenvalue weighted by atomic mass is 32.1. The van der Waals surface area contributed by atoms with Crippen LogP contribution in [0, 0.1) is 12.3 Å². The number of amides is 1. The second-order valence-electron chi connectivity index (χ2n) is 5.22. The van der Waals surface area contributed by atoms with Gasteiger partial charge in [-0.3, -0.25) is 4.79 Å². The van der Waals surface area contributed by atoms with Gasteiger partial charge in [-0.1, -0.05) is 12.0 Å². The van der Waals surface area contributed by atoms with Gasteiger partial charge in [-0.2, -0.15) is 0 Å². The van der Waals surface area contributed by atoms with Crippen LogP contribution in [0.5, 0.6) is 11.5 Å².